The summed E-state index contributed by atoms with van der Waals surface area (Å²) in [6.45, 7) is 0. The number of nitrogens with zero attached hydrogens (tertiary/aromatic N) is 2. The van der Waals surface area contributed by atoms with Gasteiger partial charge in [0.2, 0.25) is 0 Å². The van der Waals surface area contributed by atoms with Crippen LogP contribution in [0.1, 0.15) is 11.1 Å². The van der Waals surface area contributed by atoms with Crippen molar-refractivity contribution in [3.63, 3.8) is 0 Å². The average molecular weight is 222 g/mol. The third-order valence-electron chi connectivity index (χ3n) is 2.42. The highest BCUT2D eigenvalue weighted by molar-refractivity contribution is 7.98. The number of hydrogen-bond donors (Lipinski definition) is 2. The van der Waals surface area contributed by atoms with Gasteiger partial charge in [0.25, 0.3) is 0 Å². The van der Waals surface area contributed by atoms with E-state index in [9.17, 15) is 0 Å². The van der Waals surface area contributed by atoms with Crippen LogP contribution in [-0.2, 0) is 6.42 Å². The van der Waals surface area contributed by atoms with Gasteiger partial charge in [-0.3, -0.25) is 0 Å². The lowest BCUT2D eigenvalue weighted by Gasteiger charge is -2.00. The Kier molecular flexibility index (Phi) is 2.64. The molecule has 0 fully saturated rings. The summed E-state index contributed by atoms with van der Waals surface area (Å²) in [6.07, 6.45) is 2.51. The number of fused-ring (bicyclic) bond motifs is 1. The lowest BCUT2D eigenvalue weighted by molar-refractivity contribution is 0.314. The fraction of sp³-hybridized carbons (Fsp3) is 0.200. The van der Waals surface area contributed by atoms with Gasteiger partial charge in [0.1, 0.15) is 11.4 Å². The molecule has 5 heteroatoms. The highest BCUT2D eigenvalue weighted by atomic mass is 32.2. The molecule has 1 aliphatic carbocycles. The maximum Gasteiger partial charge on any atom is 0.135 e. The lowest BCUT2D eigenvalue weighted by atomic mass is 10.1. The Hall–Kier alpha value is -1.49. The fourth-order valence-electron chi connectivity index (χ4n) is 1.69. The molecule has 15 heavy (non-hydrogen) atoms. The van der Waals surface area contributed by atoms with E-state index in [1.54, 1.807) is 11.8 Å². The molecule has 0 atom stereocenters. The van der Waals surface area contributed by atoms with E-state index < -0.39 is 0 Å². The van der Waals surface area contributed by atoms with Crippen molar-refractivity contribution in [1.82, 2.24) is 0 Å². The maximum absolute atomic E-state index is 8.83. The van der Waals surface area contributed by atoms with E-state index in [1.165, 1.54) is 0 Å². The van der Waals surface area contributed by atoms with Crippen LogP contribution >= 0.6 is 11.8 Å². The van der Waals surface area contributed by atoms with Crippen LogP contribution in [0.15, 0.2) is 33.4 Å². The van der Waals surface area contributed by atoms with Gasteiger partial charge >= 0.3 is 0 Å². The average Bonchev–Trinajstić information content (AvgIpc) is 2.65. The quantitative estimate of drug-likeness (QED) is 0.434. The number of hydrogen-bond acceptors (Lipinski definition) is 5. The topological polar surface area (TPSA) is 65.2 Å². The number of thioether (sulfide) groups is 1. The summed E-state index contributed by atoms with van der Waals surface area (Å²) < 4.78 is 0. The number of rotatable bonds is 1. The standard InChI is InChI=1S/C10H10N2O2S/c1-15-7-2-3-8-6(4-7)5-9(11-13)10(8)12-14/h2-4,13-14H,5H2,1H3. The van der Waals surface area contributed by atoms with E-state index in [-0.39, 0.29) is 0 Å². The van der Waals surface area contributed by atoms with E-state index in [4.69, 9.17) is 10.4 Å². The molecule has 0 aromatic heterocycles. The second kappa shape index (κ2) is 3.94. The van der Waals surface area contributed by atoms with Crippen LogP contribution in [0, 0.1) is 0 Å². The van der Waals surface area contributed by atoms with Crippen LogP contribution in [0.4, 0.5) is 0 Å². The molecule has 0 aliphatic heterocycles. The molecule has 1 aromatic rings. The van der Waals surface area contributed by atoms with Crippen molar-refractivity contribution in [3.8, 4) is 0 Å². The summed E-state index contributed by atoms with van der Waals surface area (Å²) in [6, 6.07) is 5.85. The van der Waals surface area contributed by atoms with Gasteiger partial charge in [-0.25, -0.2) is 0 Å². The van der Waals surface area contributed by atoms with E-state index in [0.717, 1.165) is 16.0 Å². The molecular weight excluding hydrogens is 212 g/mol. The van der Waals surface area contributed by atoms with Gasteiger partial charge in [0.05, 0.1) is 0 Å². The predicted octanol–water partition coefficient (Wildman–Crippen LogP) is 1.97. The smallest absolute Gasteiger partial charge is 0.135 e. The number of oxime groups is 2. The molecule has 2 N–H and O–H groups in total. The second-order valence-electron chi connectivity index (χ2n) is 3.20. The first-order chi connectivity index (χ1) is 7.30. The Balaban J connectivity index is 2.53. The summed E-state index contributed by atoms with van der Waals surface area (Å²) in [7, 11) is 0. The Morgan fingerprint density at radius 3 is 2.67 bits per heavy atom. The third-order valence-corrected chi connectivity index (χ3v) is 3.14. The molecule has 2 rings (SSSR count). The first kappa shape index (κ1) is 10.0. The lowest BCUT2D eigenvalue weighted by Crippen LogP contribution is -2.08. The van der Waals surface area contributed by atoms with Gasteiger partial charge in [-0.1, -0.05) is 16.4 Å². The molecule has 0 unspecified atom stereocenters. The molecular formula is C10H10N2O2S. The summed E-state index contributed by atoms with van der Waals surface area (Å²) in [5, 5.41) is 23.9. The SMILES string of the molecule is CSc1ccc2c(c1)CC(=NO)C2=NO. The summed E-state index contributed by atoms with van der Waals surface area (Å²) in [4.78, 5) is 1.14. The molecule has 78 valence electrons. The summed E-state index contributed by atoms with van der Waals surface area (Å²) >= 11 is 1.65. The molecule has 0 amide bonds. The minimum absolute atomic E-state index is 0.361. The van der Waals surface area contributed by atoms with Gasteiger partial charge in [-0.2, -0.15) is 0 Å². The van der Waals surface area contributed by atoms with Crippen molar-refractivity contribution in [2.24, 2.45) is 10.3 Å². The third kappa shape index (κ3) is 1.59. The van der Waals surface area contributed by atoms with Gasteiger partial charge in [0, 0.05) is 16.9 Å². The minimum Gasteiger partial charge on any atom is -0.411 e. The van der Waals surface area contributed by atoms with Gasteiger partial charge in [-0.15, -0.1) is 11.8 Å². The van der Waals surface area contributed by atoms with Crippen LogP contribution in [0.3, 0.4) is 0 Å². The molecule has 0 saturated carbocycles. The zero-order chi connectivity index (χ0) is 10.8. The van der Waals surface area contributed by atoms with Crippen LogP contribution in [0.2, 0.25) is 0 Å². The highest BCUT2D eigenvalue weighted by Gasteiger charge is 2.25. The monoisotopic (exact) mass is 222 g/mol. The number of benzene rings is 1. The van der Waals surface area contributed by atoms with Crippen molar-refractivity contribution in [2.45, 2.75) is 11.3 Å². The van der Waals surface area contributed by atoms with Crippen molar-refractivity contribution < 1.29 is 10.4 Å². The van der Waals surface area contributed by atoms with Crippen molar-refractivity contribution in [1.29, 1.82) is 0 Å². The van der Waals surface area contributed by atoms with E-state index in [1.807, 2.05) is 24.5 Å². The molecule has 0 bridgehead atoms. The van der Waals surface area contributed by atoms with Crippen molar-refractivity contribution >= 4 is 23.2 Å². The van der Waals surface area contributed by atoms with Crippen LogP contribution in [0.5, 0.6) is 0 Å². The van der Waals surface area contributed by atoms with Crippen LogP contribution < -0.4 is 0 Å². The molecule has 0 radical (unpaired) electrons. The largest absolute Gasteiger partial charge is 0.411 e. The minimum atomic E-state index is 0.361. The van der Waals surface area contributed by atoms with E-state index in [2.05, 4.69) is 10.3 Å². The summed E-state index contributed by atoms with van der Waals surface area (Å²) in [5.74, 6) is 0. The maximum atomic E-state index is 8.83. The van der Waals surface area contributed by atoms with Crippen molar-refractivity contribution in [2.75, 3.05) is 6.26 Å². The van der Waals surface area contributed by atoms with Crippen LogP contribution in [-0.4, -0.2) is 28.1 Å². The highest BCUT2D eigenvalue weighted by Crippen LogP contribution is 2.25. The Labute approximate surface area is 91.3 Å². The van der Waals surface area contributed by atoms with E-state index >= 15 is 0 Å². The molecule has 0 saturated heterocycles. The second-order valence-corrected chi connectivity index (χ2v) is 4.07. The normalized spacial score (nSPS) is 19.8. The van der Waals surface area contributed by atoms with Crippen LogP contribution in [0.25, 0.3) is 0 Å². The fourth-order valence-corrected chi connectivity index (χ4v) is 2.15. The zero-order valence-corrected chi connectivity index (χ0v) is 8.95. The first-order valence-corrected chi connectivity index (χ1v) is 5.63. The van der Waals surface area contributed by atoms with Crippen molar-refractivity contribution in [3.05, 3.63) is 29.3 Å². The molecule has 0 spiro atoms. The predicted molar refractivity (Wildman–Crippen MR) is 59.5 cm³/mol. The Morgan fingerprint density at radius 2 is 2.07 bits per heavy atom. The molecule has 4 nitrogen and oxygen atoms in total. The van der Waals surface area contributed by atoms with Gasteiger partial charge in [-0.05, 0) is 24.0 Å². The molecule has 1 aliphatic rings. The molecule has 0 heterocycles. The zero-order valence-electron chi connectivity index (χ0n) is 8.14. The Morgan fingerprint density at radius 1 is 1.27 bits per heavy atom. The molecule has 1 aromatic carbocycles. The van der Waals surface area contributed by atoms with Gasteiger partial charge < -0.3 is 10.4 Å². The van der Waals surface area contributed by atoms with E-state index in [0.29, 0.717) is 17.8 Å². The Bertz CT molecular complexity index is 455. The van der Waals surface area contributed by atoms with Gasteiger partial charge in [0.15, 0.2) is 0 Å². The first-order valence-electron chi connectivity index (χ1n) is 4.40. The summed E-state index contributed by atoms with van der Waals surface area (Å²) in [5.41, 5.74) is 2.64.